The zero-order chi connectivity index (χ0) is 11.7. The van der Waals surface area contributed by atoms with Crippen molar-refractivity contribution in [1.82, 2.24) is 4.98 Å². The van der Waals surface area contributed by atoms with E-state index in [0.29, 0.717) is 5.39 Å². The van der Waals surface area contributed by atoms with Crippen LogP contribution < -0.4 is 10.3 Å². The van der Waals surface area contributed by atoms with Gasteiger partial charge in [0.2, 0.25) is 5.56 Å². The van der Waals surface area contributed by atoms with Crippen LogP contribution in [-0.4, -0.2) is 11.6 Å². The van der Waals surface area contributed by atoms with Gasteiger partial charge in [-0.2, -0.15) is 8.78 Å². The van der Waals surface area contributed by atoms with E-state index in [-0.39, 0.29) is 16.3 Å². The van der Waals surface area contributed by atoms with E-state index in [9.17, 15) is 13.6 Å². The molecule has 16 heavy (non-hydrogen) atoms. The number of ether oxygens (including phenoxy) is 1. The number of rotatable bonds is 2. The molecule has 3 nitrogen and oxygen atoms in total. The zero-order valence-corrected chi connectivity index (χ0v) is 8.59. The molecular formula is C10H6ClF2NO2. The number of pyridine rings is 1. The van der Waals surface area contributed by atoms with Crippen LogP contribution in [0.2, 0.25) is 5.02 Å². The summed E-state index contributed by atoms with van der Waals surface area (Å²) in [5.41, 5.74) is -0.303. The Balaban J connectivity index is 2.71. The van der Waals surface area contributed by atoms with Crippen molar-refractivity contribution in [3.63, 3.8) is 0 Å². The minimum atomic E-state index is -2.95. The maximum absolute atomic E-state index is 12.1. The molecule has 0 saturated carbocycles. The number of aromatic amines is 1. The van der Waals surface area contributed by atoms with Crippen LogP contribution in [0.1, 0.15) is 0 Å². The van der Waals surface area contributed by atoms with Gasteiger partial charge in [0.25, 0.3) is 0 Å². The fourth-order valence-electron chi connectivity index (χ4n) is 1.41. The molecule has 0 atom stereocenters. The van der Waals surface area contributed by atoms with Crippen LogP contribution in [0, 0.1) is 0 Å². The number of aromatic nitrogens is 1. The molecule has 0 bridgehead atoms. The topological polar surface area (TPSA) is 42.1 Å². The summed E-state index contributed by atoms with van der Waals surface area (Å²) < 4.78 is 28.5. The zero-order valence-electron chi connectivity index (χ0n) is 7.84. The fraction of sp³-hybridized carbons (Fsp3) is 0.100. The number of nitrogens with one attached hydrogen (secondary N) is 1. The number of halogens is 3. The molecule has 0 aliphatic rings. The Kier molecular flexibility index (Phi) is 2.78. The lowest BCUT2D eigenvalue weighted by atomic mass is 10.2. The number of hydrogen-bond acceptors (Lipinski definition) is 2. The van der Waals surface area contributed by atoms with Crippen LogP contribution in [0.15, 0.2) is 29.1 Å². The van der Waals surface area contributed by atoms with Crippen molar-refractivity contribution in [2.24, 2.45) is 0 Å². The van der Waals surface area contributed by atoms with Crippen molar-refractivity contribution >= 4 is 22.5 Å². The van der Waals surface area contributed by atoms with E-state index in [1.807, 2.05) is 0 Å². The van der Waals surface area contributed by atoms with Crippen LogP contribution in [0.25, 0.3) is 10.9 Å². The molecule has 84 valence electrons. The van der Waals surface area contributed by atoms with Gasteiger partial charge in [-0.3, -0.25) is 4.79 Å². The highest BCUT2D eigenvalue weighted by atomic mass is 35.5. The molecule has 0 fully saturated rings. The van der Waals surface area contributed by atoms with Crippen molar-refractivity contribution in [2.75, 3.05) is 0 Å². The van der Waals surface area contributed by atoms with Crippen LogP contribution in [0.5, 0.6) is 5.75 Å². The van der Waals surface area contributed by atoms with Crippen molar-refractivity contribution in [3.05, 3.63) is 39.6 Å². The highest BCUT2D eigenvalue weighted by molar-refractivity contribution is 6.35. The Morgan fingerprint density at radius 1 is 1.38 bits per heavy atom. The first-order valence-corrected chi connectivity index (χ1v) is 4.72. The van der Waals surface area contributed by atoms with Gasteiger partial charge in [0.15, 0.2) is 0 Å². The monoisotopic (exact) mass is 245 g/mol. The van der Waals surface area contributed by atoms with E-state index in [1.165, 1.54) is 18.2 Å². The van der Waals surface area contributed by atoms with Crippen molar-refractivity contribution in [2.45, 2.75) is 6.61 Å². The van der Waals surface area contributed by atoms with Crippen LogP contribution >= 0.6 is 11.6 Å². The van der Waals surface area contributed by atoms with Gasteiger partial charge in [-0.1, -0.05) is 23.7 Å². The third-order valence-electron chi connectivity index (χ3n) is 2.01. The van der Waals surface area contributed by atoms with Gasteiger partial charge >= 0.3 is 6.61 Å². The van der Waals surface area contributed by atoms with E-state index in [1.54, 1.807) is 6.07 Å². The third-order valence-corrected chi connectivity index (χ3v) is 2.32. The van der Waals surface area contributed by atoms with E-state index in [4.69, 9.17) is 11.6 Å². The second-order valence-corrected chi connectivity index (χ2v) is 3.45. The summed E-state index contributed by atoms with van der Waals surface area (Å²) in [4.78, 5) is 13.6. The maximum atomic E-state index is 12.1. The highest BCUT2D eigenvalue weighted by Gasteiger charge is 2.10. The molecule has 1 aromatic carbocycles. The summed E-state index contributed by atoms with van der Waals surface area (Å²) in [5.74, 6) is -0.105. The molecule has 6 heteroatoms. The SMILES string of the molecule is O=c1cc(Cl)c2cccc(OC(F)F)c2[nH]1. The molecule has 2 aromatic rings. The van der Waals surface area contributed by atoms with E-state index in [0.717, 1.165) is 0 Å². The molecule has 0 aliphatic carbocycles. The lowest BCUT2D eigenvalue weighted by molar-refractivity contribution is -0.0489. The van der Waals surface area contributed by atoms with E-state index < -0.39 is 12.2 Å². The molecule has 0 aliphatic heterocycles. The first-order valence-electron chi connectivity index (χ1n) is 4.34. The quantitative estimate of drug-likeness (QED) is 0.884. The minimum Gasteiger partial charge on any atom is -0.433 e. The number of hydrogen-bond donors (Lipinski definition) is 1. The third kappa shape index (κ3) is 1.99. The Morgan fingerprint density at radius 2 is 2.12 bits per heavy atom. The molecule has 0 unspecified atom stereocenters. The molecule has 1 aromatic heterocycles. The summed E-state index contributed by atoms with van der Waals surface area (Å²) in [6.07, 6.45) is 0. The average molecular weight is 246 g/mol. The lowest BCUT2D eigenvalue weighted by Gasteiger charge is -2.08. The Labute approximate surface area is 93.6 Å². The standard InChI is InChI=1S/C10H6ClF2NO2/c11-6-4-8(15)14-9-5(6)2-1-3-7(9)16-10(12)13/h1-4,10H,(H,14,15). The summed E-state index contributed by atoms with van der Waals surface area (Å²) in [6, 6.07) is 5.63. The Hall–Kier alpha value is -1.62. The van der Waals surface area contributed by atoms with E-state index >= 15 is 0 Å². The van der Waals surface area contributed by atoms with Gasteiger partial charge < -0.3 is 9.72 Å². The smallest absolute Gasteiger partial charge is 0.387 e. The summed E-state index contributed by atoms with van der Waals surface area (Å²) in [7, 11) is 0. The van der Waals surface area contributed by atoms with Crippen LogP contribution in [0.4, 0.5) is 8.78 Å². The molecule has 0 spiro atoms. The first-order chi connectivity index (χ1) is 7.58. The summed E-state index contributed by atoms with van der Waals surface area (Å²) in [6.45, 7) is -2.95. The van der Waals surface area contributed by atoms with E-state index in [2.05, 4.69) is 9.72 Å². The predicted octanol–water partition coefficient (Wildman–Crippen LogP) is 2.78. The number of benzene rings is 1. The van der Waals surface area contributed by atoms with Gasteiger partial charge in [0.1, 0.15) is 5.75 Å². The fourth-order valence-corrected chi connectivity index (χ4v) is 1.66. The van der Waals surface area contributed by atoms with Gasteiger partial charge in [0, 0.05) is 11.5 Å². The lowest BCUT2D eigenvalue weighted by Crippen LogP contribution is -2.07. The van der Waals surface area contributed by atoms with Crippen molar-refractivity contribution in [3.8, 4) is 5.75 Å². The van der Waals surface area contributed by atoms with Crippen LogP contribution in [0.3, 0.4) is 0 Å². The van der Waals surface area contributed by atoms with Gasteiger partial charge in [-0.15, -0.1) is 0 Å². The molecule has 1 N–H and O–H groups in total. The number of alkyl halides is 2. The molecule has 0 saturated heterocycles. The second-order valence-electron chi connectivity index (χ2n) is 3.04. The van der Waals surface area contributed by atoms with Crippen molar-refractivity contribution in [1.29, 1.82) is 0 Å². The van der Waals surface area contributed by atoms with Gasteiger partial charge in [-0.05, 0) is 6.07 Å². The maximum Gasteiger partial charge on any atom is 0.387 e. The number of fused-ring (bicyclic) bond motifs is 1. The molecular weight excluding hydrogens is 240 g/mol. The molecule has 2 rings (SSSR count). The number of H-pyrrole nitrogens is 1. The highest BCUT2D eigenvalue weighted by Crippen LogP contribution is 2.28. The molecule has 0 amide bonds. The summed E-state index contributed by atoms with van der Waals surface area (Å²) >= 11 is 5.81. The van der Waals surface area contributed by atoms with Gasteiger partial charge in [-0.25, -0.2) is 0 Å². The van der Waals surface area contributed by atoms with Crippen LogP contribution in [-0.2, 0) is 0 Å². The van der Waals surface area contributed by atoms with Crippen molar-refractivity contribution < 1.29 is 13.5 Å². The average Bonchev–Trinajstić information content (AvgIpc) is 2.18. The molecule has 0 radical (unpaired) electrons. The molecule has 1 heterocycles. The Bertz CT molecular complexity index is 583. The Morgan fingerprint density at radius 3 is 2.81 bits per heavy atom. The first kappa shape index (κ1) is 10.9. The normalized spacial score (nSPS) is 11.0. The minimum absolute atomic E-state index is 0.105. The largest absolute Gasteiger partial charge is 0.433 e. The summed E-state index contributed by atoms with van der Waals surface area (Å²) in [5, 5.41) is 0.651. The predicted molar refractivity (Wildman–Crippen MR) is 56.2 cm³/mol. The second kappa shape index (κ2) is 4.09. The number of para-hydroxylation sites is 1. The van der Waals surface area contributed by atoms with Gasteiger partial charge in [0.05, 0.1) is 10.5 Å².